The predicted octanol–water partition coefficient (Wildman–Crippen LogP) is 8.30. The van der Waals surface area contributed by atoms with Crippen LogP contribution in [-0.2, 0) is 0 Å². The van der Waals surface area contributed by atoms with Gasteiger partial charge in [-0.05, 0) is 105 Å². The number of alkyl halides is 7. The van der Waals surface area contributed by atoms with Crippen molar-refractivity contribution in [1.82, 2.24) is 0 Å². The summed E-state index contributed by atoms with van der Waals surface area (Å²) in [6, 6.07) is 0. The summed E-state index contributed by atoms with van der Waals surface area (Å²) in [4.78, 5) is 0. The van der Waals surface area contributed by atoms with Gasteiger partial charge in [0.2, 0.25) is 0 Å². The number of aliphatic hydroxyl groups excluding tert-OH is 1. The van der Waals surface area contributed by atoms with E-state index in [-0.39, 0.29) is 30.1 Å². The van der Waals surface area contributed by atoms with E-state index in [4.69, 9.17) is 0 Å². The van der Waals surface area contributed by atoms with Crippen LogP contribution in [0.4, 0.5) is 30.7 Å². The van der Waals surface area contributed by atoms with Crippen LogP contribution in [0.1, 0.15) is 98.3 Å². The van der Waals surface area contributed by atoms with E-state index in [1.165, 1.54) is 0 Å². The van der Waals surface area contributed by atoms with Gasteiger partial charge in [-0.2, -0.15) is 26.3 Å². The quantitative estimate of drug-likeness (QED) is 0.198. The Morgan fingerprint density at radius 2 is 1.63 bits per heavy atom. The third-order valence-corrected chi connectivity index (χ3v) is 10.1. The summed E-state index contributed by atoms with van der Waals surface area (Å²) in [5.41, 5.74) is -5.05. The summed E-state index contributed by atoms with van der Waals surface area (Å²) < 4.78 is 94.1. The zero-order valence-electron chi connectivity index (χ0n) is 25.4. The minimum atomic E-state index is -6.01. The molecule has 0 radical (unpaired) electrons. The molecule has 0 spiro atoms. The van der Waals surface area contributed by atoms with Crippen LogP contribution in [0.25, 0.3) is 0 Å². The van der Waals surface area contributed by atoms with Gasteiger partial charge in [0.25, 0.3) is 0 Å². The first-order chi connectivity index (χ1) is 19.5. The zero-order chi connectivity index (χ0) is 32.6. The normalized spacial score (nSPS) is 32.4. The molecule has 3 fully saturated rings. The van der Waals surface area contributed by atoms with Crippen LogP contribution in [0.15, 0.2) is 35.5 Å². The van der Waals surface area contributed by atoms with Crippen molar-refractivity contribution in [2.75, 3.05) is 0 Å². The van der Waals surface area contributed by atoms with Crippen molar-refractivity contribution in [1.29, 1.82) is 0 Å². The standard InChI is InChI=1S/C33H45F7O3/c1-21-23(19-24(41)20-26(21)34)11-10-22-9-6-17-30(5)25(22)12-13-27(30)29(4,15-7-14-28(2,3)42)16-8-18-31(43,32(35,36)37)33(38,39)40/h10-11,24-27,41-43H,1,6-7,9,12-17,19-20H2,2-5H3/b22-10?,23-11-/t24-,25?,26-,27-,29-,30+/m1/s1. The Morgan fingerprint density at radius 3 is 2.21 bits per heavy atom. The molecule has 3 N–H and O–H groups in total. The van der Waals surface area contributed by atoms with Crippen LogP contribution in [0.5, 0.6) is 0 Å². The highest BCUT2D eigenvalue weighted by Gasteiger charge is 2.70. The zero-order valence-corrected chi connectivity index (χ0v) is 25.4. The Kier molecular flexibility index (Phi) is 10.4. The molecule has 0 aromatic carbocycles. The number of allylic oxidation sites excluding steroid dienone is 4. The van der Waals surface area contributed by atoms with Crippen molar-refractivity contribution >= 4 is 0 Å². The lowest BCUT2D eigenvalue weighted by Gasteiger charge is -2.49. The number of fused-ring (bicyclic) bond motifs is 1. The maximum Gasteiger partial charge on any atom is 0.438 e. The van der Waals surface area contributed by atoms with E-state index >= 15 is 0 Å². The second kappa shape index (κ2) is 12.5. The lowest BCUT2D eigenvalue weighted by molar-refractivity contribution is -0.343. The average Bonchev–Trinajstić information content (AvgIpc) is 3.21. The molecule has 0 amide bonds. The molecule has 0 heterocycles. The summed E-state index contributed by atoms with van der Waals surface area (Å²) in [7, 11) is 0. The molecule has 6 atom stereocenters. The Bertz CT molecular complexity index is 1140. The molecule has 1 unspecified atom stereocenters. The summed E-state index contributed by atoms with van der Waals surface area (Å²) in [6.07, 6.45) is -5.02. The molecule has 244 valence electrons. The molecule has 3 aliphatic rings. The first-order valence-corrected chi connectivity index (χ1v) is 15.0. The molecule has 0 bridgehead atoms. The number of halogens is 7. The Morgan fingerprint density at radius 1 is 1.00 bits per heavy atom. The largest absolute Gasteiger partial charge is 0.438 e. The highest BCUT2D eigenvalue weighted by atomic mass is 19.4. The van der Waals surface area contributed by atoms with Gasteiger partial charge in [-0.25, -0.2) is 4.39 Å². The van der Waals surface area contributed by atoms with Crippen LogP contribution in [0.2, 0.25) is 0 Å². The molecule has 3 nitrogen and oxygen atoms in total. The summed E-state index contributed by atoms with van der Waals surface area (Å²) in [5, 5.41) is 29.9. The summed E-state index contributed by atoms with van der Waals surface area (Å²) in [6.45, 7) is 11.1. The maximum atomic E-state index is 14.3. The molecular formula is C33H45F7O3. The van der Waals surface area contributed by atoms with Crippen molar-refractivity contribution in [2.45, 2.75) is 134 Å². The third-order valence-electron chi connectivity index (χ3n) is 10.1. The second-order valence-corrected chi connectivity index (χ2v) is 14.1. The van der Waals surface area contributed by atoms with Gasteiger partial charge in [-0.3, -0.25) is 0 Å². The predicted molar refractivity (Wildman–Crippen MR) is 151 cm³/mol. The van der Waals surface area contributed by atoms with Crippen LogP contribution < -0.4 is 0 Å². The first-order valence-electron chi connectivity index (χ1n) is 15.0. The van der Waals surface area contributed by atoms with Crippen molar-refractivity contribution in [3.8, 4) is 11.8 Å². The van der Waals surface area contributed by atoms with Crippen LogP contribution in [0, 0.1) is 34.5 Å². The molecular weight excluding hydrogens is 577 g/mol. The van der Waals surface area contributed by atoms with Crippen molar-refractivity contribution < 1.29 is 46.1 Å². The topological polar surface area (TPSA) is 60.7 Å². The maximum absolute atomic E-state index is 14.3. The first kappa shape index (κ1) is 35.6. The minimum Gasteiger partial charge on any atom is -0.393 e. The highest BCUT2D eigenvalue weighted by molar-refractivity contribution is 5.39. The number of rotatable bonds is 7. The van der Waals surface area contributed by atoms with E-state index in [1.54, 1.807) is 13.8 Å². The molecule has 0 aromatic heterocycles. The molecule has 0 saturated heterocycles. The summed E-state index contributed by atoms with van der Waals surface area (Å²) in [5.74, 6) is 3.28. The van der Waals surface area contributed by atoms with Gasteiger partial charge in [0.05, 0.1) is 11.7 Å². The molecule has 3 aliphatic carbocycles. The number of hydrogen-bond acceptors (Lipinski definition) is 3. The van der Waals surface area contributed by atoms with Gasteiger partial charge in [0, 0.05) is 12.8 Å². The second-order valence-electron chi connectivity index (χ2n) is 14.1. The van der Waals surface area contributed by atoms with E-state index in [0.717, 1.165) is 37.2 Å². The summed E-state index contributed by atoms with van der Waals surface area (Å²) >= 11 is 0. The number of hydrogen-bond donors (Lipinski definition) is 3. The van der Waals surface area contributed by atoms with E-state index < -0.39 is 41.2 Å². The van der Waals surface area contributed by atoms with Gasteiger partial charge in [0.15, 0.2) is 0 Å². The fraction of sp³-hybridized carbons (Fsp3) is 0.758. The van der Waals surface area contributed by atoms with E-state index in [1.807, 2.05) is 19.1 Å². The average molecular weight is 623 g/mol. The Labute approximate surface area is 250 Å². The van der Waals surface area contributed by atoms with Crippen LogP contribution in [-0.4, -0.2) is 51.1 Å². The van der Waals surface area contributed by atoms with Crippen LogP contribution in [0.3, 0.4) is 0 Å². The fourth-order valence-corrected chi connectivity index (χ4v) is 7.81. The molecule has 3 rings (SSSR count). The monoisotopic (exact) mass is 622 g/mol. The van der Waals surface area contributed by atoms with Gasteiger partial charge in [-0.15, -0.1) is 0 Å². The number of aliphatic hydroxyl groups is 3. The van der Waals surface area contributed by atoms with E-state index in [0.29, 0.717) is 43.3 Å². The van der Waals surface area contributed by atoms with Crippen LogP contribution >= 0.6 is 0 Å². The van der Waals surface area contributed by atoms with Crippen molar-refractivity contribution in [3.63, 3.8) is 0 Å². The van der Waals surface area contributed by atoms with Gasteiger partial charge >= 0.3 is 18.0 Å². The molecule has 43 heavy (non-hydrogen) atoms. The lowest BCUT2D eigenvalue weighted by Crippen LogP contribution is -2.55. The SMILES string of the molecule is C=C1/C(=C\C=C2CCC[C@@]3(C)C2CC[C@@H]3[C@@](C)(CC#CC(O)(C(F)(F)F)C(F)(F)F)CCCC(C)(C)O)C[C@@H](O)C[C@H]1F. The molecule has 0 aliphatic heterocycles. The third kappa shape index (κ3) is 7.70. The van der Waals surface area contributed by atoms with E-state index in [9.17, 15) is 46.1 Å². The fourth-order valence-electron chi connectivity index (χ4n) is 7.81. The van der Waals surface area contributed by atoms with Gasteiger partial charge < -0.3 is 15.3 Å². The molecule has 10 heteroatoms. The van der Waals surface area contributed by atoms with Gasteiger partial charge in [-0.1, -0.05) is 50.5 Å². The Balaban J connectivity index is 1.95. The highest BCUT2D eigenvalue weighted by Crippen LogP contribution is 2.63. The van der Waals surface area contributed by atoms with Gasteiger partial charge in [0.1, 0.15) is 6.17 Å². The van der Waals surface area contributed by atoms with Crippen molar-refractivity contribution in [3.05, 3.63) is 35.5 Å². The molecule has 0 aromatic rings. The lowest BCUT2D eigenvalue weighted by atomic mass is 9.55. The van der Waals surface area contributed by atoms with E-state index in [2.05, 4.69) is 19.4 Å². The molecule has 3 saturated carbocycles. The minimum absolute atomic E-state index is 0.0212. The smallest absolute Gasteiger partial charge is 0.393 e. The van der Waals surface area contributed by atoms with Crippen molar-refractivity contribution in [2.24, 2.45) is 22.7 Å². The Hall–Kier alpha value is -1.83.